The van der Waals surface area contributed by atoms with Crippen LogP contribution in [-0.4, -0.2) is 30.4 Å². The first kappa shape index (κ1) is 13.5. The zero-order chi connectivity index (χ0) is 12.3. The molecule has 0 aromatic carbocycles. The number of carbonyl (C=O) groups excluding carboxylic acids is 1. The smallest absolute Gasteiger partial charge is 0.229 e. The quantitative estimate of drug-likeness (QED) is 0.798. The Balaban J connectivity index is 2.51. The van der Waals surface area contributed by atoms with Gasteiger partial charge in [0, 0.05) is 19.6 Å². The topological polar surface area (TPSA) is 46.3 Å². The molecule has 3 heteroatoms. The summed E-state index contributed by atoms with van der Waals surface area (Å²) in [7, 11) is 0. The summed E-state index contributed by atoms with van der Waals surface area (Å²) in [5.74, 6) is 1.74. The number of hydrogen-bond acceptors (Lipinski definition) is 2. The molecule has 0 spiro atoms. The van der Waals surface area contributed by atoms with Gasteiger partial charge < -0.3 is 10.6 Å². The fraction of sp³-hybridized carbons (Fsp3) is 0.923. The van der Waals surface area contributed by atoms with Gasteiger partial charge in [0.05, 0.1) is 5.41 Å². The molecule has 0 unspecified atom stereocenters. The van der Waals surface area contributed by atoms with Gasteiger partial charge in [0.25, 0.3) is 0 Å². The van der Waals surface area contributed by atoms with E-state index in [2.05, 4.69) is 13.8 Å². The van der Waals surface area contributed by atoms with E-state index in [1.54, 1.807) is 0 Å². The van der Waals surface area contributed by atoms with Crippen LogP contribution in [0.25, 0.3) is 0 Å². The summed E-state index contributed by atoms with van der Waals surface area (Å²) < 4.78 is 0. The van der Waals surface area contributed by atoms with E-state index in [1.807, 2.05) is 18.7 Å². The molecule has 1 heterocycles. The van der Waals surface area contributed by atoms with Crippen LogP contribution in [0.2, 0.25) is 0 Å². The molecular weight excluding hydrogens is 200 g/mol. The average Bonchev–Trinajstić information content (AvgIpc) is 2.28. The van der Waals surface area contributed by atoms with Crippen LogP contribution in [0, 0.1) is 17.3 Å². The van der Waals surface area contributed by atoms with Crippen molar-refractivity contribution in [1.82, 2.24) is 4.90 Å². The van der Waals surface area contributed by atoms with E-state index in [-0.39, 0.29) is 5.91 Å². The number of nitrogens with zero attached hydrogens (tertiary/aromatic N) is 1. The fourth-order valence-corrected chi connectivity index (χ4v) is 2.28. The van der Waals surface area contributed by atoms with Gasteiger partial charge in [-0.25, -0.2) is 0 Å². The predicted molar refractivity (Wildman–Crippen MR) is 67.0 cm³/mol. The van der Waals surface area contributed by atoms with Crippen LogP contribution >= 0.6 is 0 Å². The Morgan fingerprint density at radius 3 is 2.25 bits per heavy atom. The lowest BCUT2D eigenvalue weighted by molar-refractivity contribution is -0.141. The van der Waals surface area contributed by atoms with Gasteiger partial charge in [0.15, 0.2) is 0 Å². The van der Waals surface area contributed by atoms with Gasteiger partial charge in [0.2, 0.25) is 5.91 Å². The van der Waals surface area contributed by atoms with Crippen molar-refractivity contribution < 1.29 is 4.79 Å². The normalized spacial score (nSPS) is 19.2. The van der Waals surface area contributed by atoms with Crippen LogP contribution in [-0.2, 0) is 4.79 Å². The Morgan fingerprint density at radius 2 is 1.88 bits per heavy atom. The maximum absolute atomic E-state index is 12.2. The number of rotatable bonds is 3. The molecule has 0 aromatic heterocycles. The Labute approximate surface area is 99.4 Å². The van der Waals surface area contributed by atoms with Crippen LogP contribution in [0.5, 0.6) is 0 Å². The van der Waals surface area contributed by atoms with Crippen molar-refractivity contribution in [2.75, 3.05) is 19.6 Å². The van der Waals surface area contributed by atoms with Gasteiger partial charge in [-0.3, -0.25) is 4.79 Å². The van der Waals surface area contributed by atoms with Crippen LogP contribution in [0.3, 0.4) is 0 Å². The number of piperidine rings is 1. The molecule has 1 rings (SSSR count). The summed E-state index contributed by atoms with van der Waals surface area (Å²) >= 11 is 0. The molecule has 16 heavy (non-hydrogen) atoms. The van der Waals surface area contributed by atoms with Crippen molar-refractivity contribution in [2.45, 2.75) is 40.5 Å². The maximum atomic E-state index is 12.2. The number of carbonyl (C=O) groups is 1. The zero-order valence-corrected chi connectivity index (χ0v) is 11.1. The van der Waals surface area contributed by atoms with Crippen LogP contribution in [0.1, 0.15) is 40.5 Å². The Hall–Kier alpha value is -0.570. The number of amides is 1. The van der Waals surface area contributed by atoms with Crippen molar-refractivity contribution in [2.24, 2.45) is 23.0 Å². The monoisotopic (exact) mass is 226 g/mol. The largest absolute Gasteiger partial charge is 0.342 e. The average molecular weight is 226 g/mol. The standard InChI is InChI=1S/C13H26N2O/c1-10(2)11-5-7-15(8-6-11)12(16)13(3,4)9-14/h10-11H,5-9,14H2,1-4H3. The molecule has 0 atom stereocenters. The van der Waals surface area contributed by atoms with E-state index < -0.39 is 5.41 Å². The SMILES string of the molecule is CC(C)C1CCN(C(=O)C(C)(C)CN)CC1. The Morgan fingerprint density at radius 1 is 1.38 bits per heavy atom. The van der Waals surface area contributed by atoms with Gasteiger partial charge in [-0.15, -0.1) is 0 Å². The van der Waals surface area contributed by atoms with Crippen LogP contribution in [0.15, 0.2) is 0 Å². The molecule has 0 aromatic rings. The zero-order valence-electron chi connectivity index (χ0n) is 11.1. The highest BCUT2D eigenvalue weighted by atomic mass is 16.2. The summed E-state index contributed by atoms with van der Waals surface area (Å²) in [6, 6.07) is 0. The van der Waals surface area contributed by atoms with E-state index in [0.717, 1.165) is 37.8 Å². The second kappa shape index (κ2) is 5.17. The van der Waals surface area contributed by atoms with Crippen LogP contribution < -0.4 is 5.73 Å². The van der Waals surface area contributed by atoms with Crippen molar-refractivity contribution in [3.63, 3.8) is 0 Å². The van der Waals surface area contributed by atoms with Gasteiger partial charge in [-0.05, 0) is 38.5 Å². The molecule has 94 valence electrons. The van der Waals surface area contributed by atoms with Crippen molar-refractivity contribution >= 4 is 5.91 Å². The highest BCUT2D eigenvalue weighted by Crippen LogP contribution is 2.27. The Kier molecular flexibility index (Phi) is 4.36. The third-order valence-corrected chi connectivity index (χ3v) is 3.86. The lowest BCUT2D eigenvalue weighted by Gasteiger charge is -2.37. The maximum Gasteiger partial charge on any atom is 0.229 e. The second-order valence-corrected chi connectivity index (χ2v) is 5.96. The molecule has 1 aliphatic heterocycles. The number of likely N-dealkylation sites (tertiary alicyclic amines) is 1. The van der Waals surface area contributed by atoms with Gasteiger partial charge in [-0.2, -0.15) is 0 Å². The van der Waals surface area contributed by atoms with Gasteiger partial charge >= 0.3 is 0 Å². The summed E-state index contributed by atoms with van der Waals surface area (Å²) in [6.07, 6.45) is 2.29. The van der Waals surface area contributed by atoms with Gasteiger partial charge in [-0.1, -0.05) is 13.8 Å². The summed E-state index contributed by atoms with van der Waals surface area (Å²) in [5, 5.41) is 0. The molecule has 0 aliphatic carbocycles. The number of nitrogens with two attached hydrogens (primary N) is 1. The second-order valence-electron chi connectivity index (χ2n) is 5.96. The lowest BCUT2D eigenvalue weighted by Crippen LogP contribution is -2.48. The fourth-order valence-electron chi connectivity index (χ4n) is 2.28. The summed E-state index contributed by atoms with van der Waals surface area (Å²) in [5.41, 5.74) is 5.24. The van der Waals surface area contributed by atoms with Gasteiger partial charge in [0.1, 0.15) is 0 Å². The molecule has 1 saturated heterocycles. The first-order chi connectivity index (χ1) is 7.38. The summed E-state index contributed by atoms with van der Waals surface area (Å²) in [4.78, 5) is 14.2. The Bertz CT molecular complexity index is 240. The minimum Gasteiger partial charge on any atom is -0.342 e. The predicted octanol–water partition coefficient (Wildman–Crippen LogP) is 1.87. The highest BCUT2D eigenvalue weighted by molar-refractivity contribution is 5.82. The van der Waals surface area contributed by atoms with Crippen molar-refractivity contribution in [1.29, 1.82) is 0 Å². The molecule has 0 radical (unpaired) electrons. The highest BCUT2D eigenvalue weighted by Gasteiger charge is 2.33. The first-order valence-corrected chi connectivity index (χ1v) is 6.38. The third kappa shape index (κ3) is 2.97. The molecule has 0 bridgehead atoms. The van der Waals surface area contributed by atoms with E-state index in [1.165, 1.54) is 0 Å². The minimum absolute atomic E-state index is 0.220. The summed E-state index contributed by atoms with van der Waals surface area (Å²) in [6.45, 7) is 10.7. The van der Waals surface area contributed by atoms with Crippen LogP contribution in [0.4, 0.5) is 0 Å². The third-order valence-electron chi connectivity index (χ3n) is 3.86. The molecule has 1 fully saturated rings. The molecule has 3 nitrogen and oxygen atoms in total. The minimum atomic E-state index is -0.398. The first-order valence-electron chi connectivity index (χ1n) is 6.38. The van der Waals surface area contributed by atoms with E-state index >= 15 is 0 Å². The van der Waals surface area contributed by atoms with Crippen molar-refractivity contribution in [3.8, 4) is 0 Å². The van der Waals surface area contributed by atoms with Crippen molar-refractivity contribution in [3.05, 3.63) is 0 Å². The van der Waals surface area contributed by atoms with E-state index in [4.69, 9.17) is 5.73 Å². The number of hydrogen-bond donors (Lipinski definition) is 1. The lowest BCUT2D eigenvalue weighted by atomic mass is 9.85. The molecule has 2 N–H and O–H groups in total. The van der Waals surface area contributed by atoms with E-state index in [0.29, 0.717) is 6.54 Å². The van der Waals surface area contributed by atoms with E-state index in [9.17, 15) is 4.79 Å². The molecule has 1 aliphatic rings. The molecule has 0 saturated carbocycles. The molecule has 1 amide bonds. The molecular formula is C13H26N2O.